The van der Waals surface area contributed by atoms with Crippen LogP contribution in [-0.2, 0) is 14.3 Å². The molecule has 0 spiro atoms. The van der Waals surface area contributed by atoms with Gasteiger partial charge in [-0.25, -0.2) is 5.84 Å². The molecule has 1 rings (SSSR count). The van der Waals surface area contributed by atoms with E-state index in [4.69, 9.17) is 20.4 Å². The fraction of sp³-hybridized carbons (Fsp3) is 0.933. The van der Waals surface area contributed by atoms with Crippen LogP contribution in [0, 0.1) is 0 Å². The second-order valence-electron chi connectivity index (χ2n) is 6.01. The number of rotatable bonds is 11. The molecular weight excluding hydrogens is 320 g/mol. The van der Waals surface area contributed by atoms with Crippen molar-refractivity contribution in [2.45, 2.75) is 75.7 Å². The number of nitrogens with one attached hydrogen (secondary N) is 1. The summed E-state index contributed by atoms with van der Waals surface area (Å²) in [5.41, 5.74) is 2.09. The first-order valence-corrected chi connectivity index (χ1v) is 8.42. The van der Waals surface area contributed by atoms with Gasteiger partial charge in [-0.2, -0.15) is 0 Å². The van der Waals surface area contributed by atoms with Crippen molar-refractivity contribution >= 4 is 5.91 Å². The first-order valence-electron chi connectivity index (χ1n) is 8.42. The molecule has 0 aliphatic carbocycles. The second kappa shape index (κ2) is 11.7. The number of hydrogen-bond acceptors (Lipinski definition) is 8. The number of hydrazine groups is 1. The van der Waals surface area contributed by atoms with Gasteiger partial charge < -0.3 is 29.9 Å². The summed E-state index contributed by atoms with van der Waals surface area (Å²) < 4.78 is 10.6. The molecule has 0 saturated carbocycles. The first-order chi connectivity index (χ1) is 11.5. The molecule has 1 amide bonds. The van der Waals surface area contributed by atoms with E-state index in [1.807, 2.05) is 0 Å². The minimum atomic E-state index is -1.41. The lowest BCUT2D eigenvalue weighted by molar-refractivity contribution is -0.301. The van der Waals surface area contributed by atoms with Crippen LogP contribution in [0.2, 0.25) is 0 Å². The van der Waals surface area contributed by atoms with Crippen LogP contribution in [0.15, 0.2) is 0 Å². The van der Waals surface area contributed by atoms with Crippen molar-refractivity contribution in [1.82, 2.24) is 5.43 Å². The van der Waals surface area contributed by atoms with E-state index in [9.17, 15) is 20.1 Å². The molecule has 0 aromatic carbocycles. The van der Waals surface area contributed by atoms with Crippen LogP contribution in [0.4, 0.5) is 0 Å². The van der Waals surface area contributed by atoms with Crippen LogP contribution in [0.25, 0.3) is 0 Å². The quantitative estimate of drug-likeness (QED) is 0.114. The maximum atomic E-state index is 10.9. The summed E-state index contributed by atoms with van der Waals surface area (Å²) in [5.74, 6) is 4.84. The van der Waals surface area contributed by atoms with Crippen molar-refractivity contribution < 1.29 is 34.7 Å². The normalized spacial score (nSPS) is 30.3. The summed E-state index contributed by atoms with van der Waals surface area (Å²) in [6.45, 7) is -0.120. The van der Waals surface area contributed by atoms with Crippen molar-refractivity contribution in [2.24, 2.45) is 5.84 Å². The third-order valence-corrected chi connectivity index (χ3v) is 4.09. The van der Waals surface area contributed by atoms with E-state index in [1.54, 1.807) is 0 Å². The number of ether oxygens (including phenoxy) is 2. The molecule has 9 nitrogen and oxygen atoms in total. The van der Waals surface area contributed by atoms with Crippen molar-refractivity contribution in [1.29, 1.82) is 0 Å². The zero-order valence-electron chi connectivity index (χ0n) is 13.8. The van der Waals surface area contributed by atoms with Crippen LogP contribution in [-0.4, -0.2) is 70.3 Å². The molecule has 5 atom stereocenters. The molecule has 1 saturated heterocycles. The Morgan fingerprint density at radius 1 is 1.00 bits per heavy atom. The number of carbonyl (C=O) groups excluding carboxylic acids is 1. The SMILES string of the molecule is NNC(=O)CCCCCCCCO[C@H]1O[C@H](CO)[C@@H](O)[C@H](O)[C@@H]1O. The number of unbranched alkanes of at least 4 members (excludes halogenated alkanes) is 5. The highest BCUT2D eigenvalue weighted by Gasteiger charge is 2.43. The van der Waals surface area contributed by atoms with Crippen molar-refractivity contribution in [3.8, 4) is 0 Å². The van der Waals surface area contributed by atoms with Crippen LogP contribution in [0.5, 0.6) is 0 Å². The molecule has 0 unspecified atom stereocenters. The zero-order valence-corrected chi connectivity index (χ0v) is 13.8. The maximum absolute atomic E-state index is 10.9. The number of amides is 1. The lowest BCUT2D eigenvalue weighted by Gasteiger charge is -2.39. The molecule has 1 heterocycles. The molecule has 1 aliphatic rings. The summed E-state index contributed by atoms with van der Waals surface area (Å²) in [7, 11) is 0. The molecule has 0 aromatic rings. The molecular formula is C15H30N2O7. The number of hydrogen-bond donors (Lipinski definition) is 6. The van der Waals surface area contributed by atoms with Crippen molar-refractivity contribution in [3.63, 3.8) is 0 Å². The number of carbonyl (C=O) groups is 1. The van der Waals surface area contributed by atoms with E-state index in [2.05, 4.69) is 5.43 Å². The Labute approximate surface area is 141 Å². The van der Waals surface area contributed by atoms with Crippen molar-refractivity contribution in [2.75, 3.05) is 13.2 Å². The second-order valence-corrected chi connectivity index (χ2v) is 6.01. The number of nitrogens with two attached hydrogens (primary N) is 1. The van der Waals surface area contributed by atoms with Crippen LogP contribution in [0.3, 0.4) is 0 Å². The maximum Gasteiger partial charge on any atom is 0.233 e. The van der Waals surface area contributed by atoms with Crippen molar-refractivity contribution in [3.05, 3.63) is 0 Å². The summed E-state index contributed by atoms with van der Waals surface area (Å²) in [5, 5.41) is 38.2. The van der Waals surface area contributed by atoms with Gasteiger partial charge in [0.05, 0.1) is 6.61 Å². The van der Waals surface area contributed by atoms with Gasteiger partial charge in [0.15, 0.2) is 6.29 Å². The Bertz CT molecular complexity index is 357. The average Bonchev–Trinajstić information content (AvgIpc) is 2.59. The Balaban J connectivity index is 2.07. The van der Waals surface area contributed by atoms with Gasteiger partial charge in [-0.15, -0.1) is 0 Å². The summed E-state index contributed by atoms with van der Waals surface area (Å²) in [6.07, 6.45) is -0.218. The average molecular weight is 350 g/mol. The Morgan fingerprint density at radius 3 is 2.25 bits per heavy atom. The van der Waals surface area contributed by atoms with Gasteiger partial charge in [-0.1, -0.05) is 25.7 Å². The van der Waals surface area contributed by atoms with Gasteiger partial charge in [0, 0.05) is 13.0 Å². The highest BCUT2D eigenvalue weighted by molar-refractivity contribution is 5.74. The summed E-state index contributed by atoms with van der Waals surface area (Å²) in [6, 6.07) is 0. The van der Waals surface area contributed by atoms with E-state index in [0.29, 0.717) is 13.0 Å². The predicted molar refractivity (Wildman–Crippen MR) is 84.4 cm³/mol. The minimum absolute atomic E-state index is 0.150. The van der Waals surface area contributed by atoms with E-state index in [1.165, 1.54) is 0 Å². The smallest absolute Gasteiger partial charge is 0.233 e. The van der Waals surface area contributed by atoms with Crippen LogP contribution >= 0.6 is 0 Å². The molecule has 0 aromatic heterocycles. The highest BCUT2D eigenvalue weighted by Crippen LogP contribution is 2.22. The standard InChI is InChI=1S/C15H30N2O7/c16-17-11(19)7-5-3-1-2-4-6-8-23-15-14(22)13(21)12(20)10(9-18)24-15/h10,12-15,18,20-22H,1-9,16H2,(H,17,19)/t10-,12-,13+,14+,15+/m1/s1. The summed E-state index contributed by atoms with van der Waals surface area (Å²) >= 11 is 0. The van der Waals surface area contributed by atoms with Gasteiger partial charge in [0.2, 0.25) is 5.91 Å². The third-order valence-electron chi connectivity index (χ3n) is 4.09. The topological polar surface area (TPSA) is 154 Å². The Hall–Kier alpha value is -0.810. The lowest BCUT2D eigenvalue weighted by atomic mass is 9.99. The Kier molecular flexibility index (Phi) is 10.3. The summed E-state index contributed by atoms with van der Waals surface area (Å²) in [4.78, 5) is 10.9. The molecule has 1 aliphatic heterocycles. The van der Waals surface area contributed by atoms with Gasteiger partial charge in [-0.3, -0.25) is 10.2 Å². The fourth-order valence-corrected chi connectivity index (χ4v) is 2.57. The number of aliphatic hydroxyl groups excluding tert-OH is 4. The van der Waals surface area contributed by atoms with Gasteiger partial charge in [-0.05, 0) is 12.8 Å². The molecule has 1 fully saturated rings. The van der Waals surface area contributed by atoms with E-state index in [-0.39, 0.29) is 5.91 Å². The monoisotopic (exact) mass is 350 g/mol. The van der Waals surface area contributed by atoms with Crippen LogP contribution in [0.1, 0.15) is 44.9 Å². The zero-order chi connectivity index (χ0) is 17.9. The Morgan fingerprint density at radius 2 is 1.62 bits per heavy atom. The molecule has 0 bridgehead atoms. The van der Waals surface area contributed by atoms with Crippen LogP contribution < -0.4 is 11.3 Å². The molecule has 0 radical (unpaired) electrons. The molecule has 9 heteroatoms. The van der Waals surface area contributed by atoms with Gasteiger partial charge in [0.1, 0.15) is 24.4 Å². The lowest BCUT2D eigenvalue weighted by Crippen LogP contribution is -2.59. The number of aliphatic hydroxyl groups is 4. The first kappa shape index (κ1) is 21.2. The highest BCUT2D eigenvalue weighted by atomic mass is 16.7. The third kappa shape index (κ3) is 6.98. The minimum Gasteiger partial charge on any atom is -0.394 e. The predicted octanol–water partition coefficient (Wildman–Crippen LogP) is -1.48. The van der Waals surface area contributed by atoms with E-state index in [0.717, 1.165) is 38.5 Å². The van der Waals surface area contributed by atoms with E-state index < -0.39 is 37.3 Å². The molecule has 142 valence electrons. The van der Waals surface area contributed by atoms with Gasteiger partial charge >= 0.3 is 0 Å². The largest absolute Gasteiger partial charge is 0.394 e. The van der Waals surface area contributed by atoms with Gasteiger partial charge in [0.25, 0.3) is 0 Å². The molecule has 7 N–H and O–H groups in total. The van der Waals surface area contributed by atoms with E-state index >= 15 is 0 Å². The fourth-order valence-electron chi connectivity index (χ4n) is 2.57. The molecule has 24 heavy (non-hydrogen) atoms.